The molecule has 8 heteroatoms. The molecule has 234 valence electrons. The lowest BCUT2D eigenvalue weighted by molar-refractivity contribution is -0.141. The van der Waals surface area contributed by atoms with Crippen LogP contribution in [0.3, 0.4) is 0 Å². The highest BCUT2D eigenvalue weighted by atomic mass is 19.4. The molecule has 0 radical (unpaired) electrons. The van der Waals surface area contributed by atoms with Crippen molar-refractivity contribution in [1.82, 2.24) is 10.2 Å². The van der Waals surface area contributed by atoms with E-state index in [1.807, 2.05) is 60.7 Å². The number of hydrogen-bond acceptors (Lipinski definition) is 4. The summed E-state index contributed by atoms with van der Waals surface area (Å²) >= 11 is 0. The van der Waals surface area contributed by atoms with Crippen LogP contribution >= 0.6 is 0 Å². The lowest BCUT2D eigenvalue weighted by Gasteiger charge is -2.36. The number of rotatable bonds is 10. The molecule has 1 fully saturated rings. The van der Waals surface area contributed by atoms with Crippen LogP contribution in [0.4, 0.5) is 18.9 Å². The van der Waals surface area contributed by atoms with Gasteiger partial charge < -0.3 is 15.0 Å². The summed E-state index contributed by atoms with van der Waals surface area (Å²) in [5.41, 5.74) is 5.79. The molecule has 0 aromatic heterocycles. The predicted molar refractivity (Wildman–Crippen MR) is 173 cm³/mol. The molecule has 4 aromatic carbocycles. The van der Waals surface area contributed by atoms with Crippen molar-refractivity contribution in [3.8, 4) is 28.0 Å². The maximum absolute atomic E-state index is 13.7. The van der Waals surface area contributed by atoms with Crippen molar-refractivity contribution in [1.29, 1.82) is 0 Å². The summed E-state index contributed by atoms with van der Waals surface area (Å²) in [6.07, 6.45) is -2.45. The highest BCUT2D eigenvalue weighted by molar-refractivity contribution is 6.00. The lowest BCUT2D eigenvalue weighted by Crippen LogP contribution is -2.47. The van der Waals surface area contributed by atoms with Crippen molar-refractivity contribution < 1.29 is 22.7 Å². The first-order valence-electron chi connectivity index (χ1n) is 15.5. The Morgan fingerprint density at radius 2 is 1.33 bits per heavy atom. The van der Waals surface area contributed by atoms with E-state index in [0.29, 0.717) is 6.42 Å². The first-order chi connectivity index (χ1) is 21.8. The standard InChI is InChI=1S/C37H38F3N3O2/c1-45-30-18-14-28(15-19-30)27-12-16-29(17-13-27)43-24-22-42(23-25-43)21-7-6-20-36(35(44)41-26-37(38,39)40)33-10-4-2-8-31(33)32-9-3-5-11-34(32)36/h2-5,8-19H,6-7,20-26H2,1H3,(H,41,44). The second kappa shape index (κ2) is 13.0. The lowest BCUT2D eigenvalue weighted by atomic mass is 9.73. The van der Waals surface area contributed by atoms with E-state index in [-0.39, 0.29) is 0 Å². The van der Waals surface area contributed by atoms with Crippen LogP contribution in [0.15, 0.2) is 97.1 Å². The van der Waals surface area contributed by atoms with Gasteiger partial charge in [0.1, 0.15) is 17.7 Å². The van der Waals surface area contributed by atoms with Crippen molar-refractivity contribution in [2.24, 2.45) is 0 Å². The van der Waals surface area contributed by atoms with Gasteiger partial charge in [0, 0.05) is 31.9 Å². The second-order valence-electron chi connectivity index (χ2n) is 11.9. The number of carbonyl (C=O) groups excluding carboxylic acids is 1. The number of fused-ring (bicyclic) bond motifs is 3. The number of anilines is 1. The van der Waals surface area contributed by atoms with E-state index in [9.17, 15) is 18.0 Å². The smallest absolute Gasteiger partial charge is 0.405 e. The van der Waals surface area contributed by atoms with Gasteiger partial charge in [0.05, 0.1) is 7.11 Å². The number of nitrogens with one attached hydrogen (secondary N) is 1. The first-order valence-corrected chi connectivity index (χ1v) is 15.5. The third-order valence-electron chi connectivity index (χ3n) is 9.21. The Hall–Kier alpha value is -4.30. The Morgan fingerprint density at radius 3 is 1.89 bits per heavy atom. The number of unbranched alkanes of at least 4 members (excludes halogenated alkanes) is 1. The maximum Gasteiger partial charge on any atom is 0.405 e. The van der Waals surface area contributed by atoms with Gasteiger partial charge in [-0.1, -0.05) is 79.2 Å². The van der Waals surface area contributed by atoms with E-state index in [2.05, 4.69) is 51.5 Å². The fourth-order valence-corrected chi connectivity index (χ4v) is 6.89. The molecule has 1 saturated heterocycles. The van der Waals surface area contributed by atoms with Crippen LogP contribution in [-0.2, 0) is 10.2 Å². The van der Waals surface area contributed by atoms with Crippen LogP contribution in [0.5, 0.6) is 5.75 Å². The zero-order valence-corrected chi connectivity index (χ0v) is 25.4. The highest BCUT2D eigenvalue weighted by Crippen LogP contribution is 2.51. The molecule has 0 unspecified atom stereocenters. The molecule has 1 amide bonds. The molecule has 1 aliphatic heterocycles. The Morgan fingerprint density at radius 1 is 0.778 bits per heavy atom. The third-order valence-corrected chi connectivity index (χ3v) is 9.21. The molecule has 1 N–H and O–H groups in total. The largest absolute Gasteiger partial charge is 0.497 e. The highest BCUT2D eigenvalue weighted by Gasteiger charge is 2.49. The van der Waals surface area contributed by atoms with E-state index < -0.39 is 24.0 Å². The molecular formula is C37H38F3N3O2. The number of methoxy groups -OCH3 is 1. The normalized spacial score (nSPS) is 15.8. The number of benzene rings is 4. The zero-order valence-electron chi connectivity index (χ0n) is 25.4. The van der Waals surface area contributed by atoms with Crippen LogP contribution in [-0.4, -0.2) is 63.4 Å². The Bertz CT molecular complexity index is 1570. The van der Waals surface area contributed by atoms with Gasteiger partial charge in [-0.15, -0.1) is 0 Å². The van der Waals surface area contributed by atoms with Gasteiger partial charge in [-0.05, 0) is 77.0 Å². The monoisotopic (exact) mass is 613 g/mol. The Kier molecular flexibility index (Phi) is 8.85. The molecule has 1 aliphatic carbocycles. The van der Waals surface area contributed by atoms with Crippen LogP contribution in [0.25, 0.3) is 22.3 Å². The van der Waals surface area contributed by atoms with Gasteiger partial charge in [-0.2, -0.15) is 13.2 Å². The predicted octanol–water partition coefficient (Wildman–Crippen LogP) is 7.30. The number of hydrogen-bond donors (Lipinski definition) is 1. The van der Waals surface area contributed by atoms with Gasteiger partial charge in [0.15, 0.2) is 0 Å². The summed E-state index contributed by atoms with van der Waals surface area (Å²) in [5.74, 6) is 0.261. The first kappa shape index (κ1) is 30.7. The fraction of sp³-hybridized carbons (Fsp3) is 0.324. The summed E-state index contributed by atoms with van der Waals surface area (Å²) in [5, 5.41) is 2.23. The quantitative estimate of drug-likeness (QED) is 0.191. The molecule has 2 aliphatic rings. The second-order valence-corrected chi connectivity index (χ2v) is 11.9. The molecular weight excluding hydrogens is 575 g/mol. The molecule has 0 bridgehead atoms. The summed E-state index contributed by atoms with van der Waals surface area (Å²) in [4.78, 5) is 18.5. The fourth-order valence-electron chi connectivity index (χ4n) is 6.89. The number of piperazine rings is 1. The third kappa shape index (κ3) is 6.43. The van der Waals surface area contributed by atoms with Crippen molar-refractivity contribution in [2.75, 3.05) is 51.3 Å². The van der Waals surface area contributed by atoms with Crippen LogP contribution in [0.1, 0.15) is 30.4 Å². The Labute approximate surface area is 262 Å². The average Bonchev–Trinajstić information content (AvgIpc) is 3.36. The number of amides is 1. The number of ether oxygens (including phenoxy) is 1. The minimum atomic E-state index is -4.48. The van der Waals surface area contributed by atoms with Crippen molar-refractivity contribution >= 4 is 11.6 Å². The van der Waals surface area contributed by atoms with Crippen molar-refractivity contribution in [3.05, 3.63) is 108 Å². The van der Waals surface area contributed by atoms with E-state index in [0.717, 1.165) is 84.7 Å². The van der Waals surface area contributed by atoms with Gasteiger partial charge in [0.2, 0.25) is 5.91 Å². The van der Waals surface area contributed by atoms with Crippen LogP contribution < -0.4 is 15.0 Å². The van der Waals surface area contributed by atoms with Gasteiger partial charge in [-0.25, -0.2) is 0 Å². The van der Waals surface area contributed by atoms with Crippen molar-refractivity contribution in [2.45, 2.75) is 30.9 Å². The van der Waals surface area contributed by atoms with Crippen molar-refractivity contribution in [3.63, 3.8) is 0 Å². The minimum Gasteiger partial charge on any atom is -0.497 e. The molecule has 4 aromatic rings. The zero-order chi connectivity index (χ0) is 31.4. The number of alkyl halides is 3. The molecule has 0 spiro atoms. The molecule has 6 rings (SSSR count). The molecule has 1 heterocycles. The molecule has 0 saturated carbocycles. The van der Waals surface area contributed by atoms with Gasteiger partial charge >= 0.3 is 6.18 Å². The molecule has 45 heavy (non-hydrogen) atoms. The minimum absolute atomic E-state index is 0.450. The van der Waals surface area contributed by atoms with Crippen LogP contribution in [0, 0.1) is 0 Å². The number of nitrogens with zero attached hydrogens (tertiary/aromatic N) is 2. The summed E-state index contributed by atoms with van der Waals surface area (Å²) < 4.78 is 44.7. The van der Waals surface area contributed by atoms with Gasteiger partial charge in [0.25, 0.3) is 0 Å². The molecule has 0 atom stereocenters. The topological polar surface area (TPSA) is 44.8 Å². The summed E-state index contributed by atoms with van der Waals surface area (Å²) in [6, 6.07) is 32.0. The average molecular weight is 614 g/mol. The molecule has 5 nitrogen and oxygen atoms in total. The van der Waals surface area contributed by atoms with E-state index >= 15 is 0 Å². The summed E-state index contributed by atoms with van der Waals surface area (Å²) in [7, 11) is 1.67. The maximum atomic E-state index is 13.7. The number of carbonyl (C=O) groups is 1. The van der Waals surface area contributed by atoms with E-state index in [1.165, 1.54) is 5.69 Å². The van der Waals surface area contributed by atoms with E-state index in [4.69, 9.17) is 4.74 Å². The van der Waals surface area contributed by atoms with Crippen LogP contribution in [0.2, 0.25) is 0 Å². The summed E-state index contributed by atoms with van der Waals surface area (Å²) in [6.45, 7) is 3.26. The Balaban J connectivity index is 1.07. The van der Waals surface area contributed by atoms with E-state index in [1.54, 1.807) is 7.11 Å². The van der Waals surface area contributed by atoms with Gasteiger partial charge in [-0.3, -0.25) is 9.69 Å². The number of halogens is 3. The SMILES string of the molecule is COc1ccc(-c2ccc(N3CCN(CCCCC4(C(=O)NCC(F)(F)F)c5ccccc5-c5ccccc54)CC3)cc2)cc1.